The van der Waals surface area contributed by atoms with Crippen molar-refractivity contribution in [2.75, 3.05) is 25.0 Å². The van der Waals surface area contributed by atoms with Crippen molar-refractivity contribution in [2.45, 2.75) is 57.2 Å². The molecule has 0 bridgehead atoms. The van der Waals surface area contributed by atoms with E-state index in [1.165, 1.54) is 11.3 Å². The highest BCUT2D eigenvalue weighted by atomic mass is 127. The largest absolute Gasteiger partial charge is 0.364 e. The zero-order valence-electron chi connectivity index (χ0n) is 17.8. The highest BCUT2D eigenvalue weighted by molar-refractivity contribution is 14.0. The monoisotopic (exact) mass is 523 g/mol. The van der Waals surface area contributed by atoms with Crippen molar-refractivity contribution in [3.8, 4) is 0 Å². The molecule has 3 N–H and O–H groups in total. The predicted octanol–water partition coefficient (Wildman–Crippen LogP) is 3.18. The molecule has 30 heavy (non-hydrogen) atoms. The Morgan fingerprint density at radius 1 is 1.10 bits per heavy atom. The first-order valence-electron chi connectivity index (χ1n) is 11.0. The van der Waals surface area contributed by atoms with Gasteiger partial charge in [-0.15, -0.1) is 24.0 Å². The van der Waals surface area contributed by atoms with Crippen LogP contribution < -0.4 is 20.9 Å². The second-order valence-corrected chi connectivity index (χ2v) is 8.46. The molecule has 1 aliphatic heterocycles. The van der Waals surface area contributed by atoms with E-state index in [2.05, 4.69) is 62.3 Å². The van der Waals surface area contributed by atoms with Crippen molar-refractivity contribution in [1.29, 1.82) is 0 Å². The number of nitrogens with one attached hydrogen (secondary N) is 3. The standard InChI is InChI=1S/C23H33N5O.HI/c1-24-23(25-16-17-6-4-9-21(14-17)28-12-2-3-13-28)27-20-8-5-7-18(15-20)22(29)26-19-10-11-19;/h2-4,6,9,14,18-20H,5,7-8,10-13,15-16H2,1H3,(H,26,29)(H2,24,25,27);1H. The van der Waals surface area contributed by atoms with Gasteiger partial charge in [-0.1, -0.05) is 30.7 Å². The molecule has 2 saturated carbocycles. The normalized spacial score (nSPS) is 23.6. The van der Waals surface area contributed by atoms with E-state index in [4.69, 9.17) is 0 Å². The van der Waals surface area contributed by atoms with E-state index < -0.39 is 0 Å². The number of guanidine groups is 1. The molecule has 7 heteroatoms. The number of hydrogen-bond acceptors (Lipinski definition) is 3. The Balaban J connectivity index is 0.00000256. The minimum Gasteiger partial charge on any atom is -0.364 e. The maximum atomic E-state index is 12.4. The SMILES string of the molecule is CN=C(NCc1cccc(N2CC=CC2)c1)NC1CCCC(C(=O)NC2CC2)C1.I. The molecular formula is C23H34IN5O. The van der Waals surface area contributed by atoms with Gasteiger partial charge in [0, 0.05) is 50.4 Å². The molecule has 2 aliphatic carbocycles. The molecule has 1 heterocycles. The van der Waals surface area contributed by atoms with Crippen molar-refractivity contribution in [1.82, 2.24) is 16.0 Å². The summed E-state index contributed by atoms with van der Waals surface area (Å²) in [5.74, 6) is 1.19. The topological polar surface area (TPSA) is 68.8 Å². The number of halogens is 1. The number of amides is 1. The van der Waals surface area contributed by atoms with Crippen LogP contribution in [0.25, 0.3) is 0 Å². The van der Waals surface area contributed by atoms with Gasteiger partial charge in [-0.05, 0) is 49.8 Å². The van der Waals surface area contributed by atoms with Crippen LogP contribution in [0.15, 0.2) is 41.4 Å². The van der Waals surface area contributed by atoms with Crippen LogP contribution in [-0.4, -0.2) is 44.1 Å². The van der Waals surface area contributed by atoms with Gasteiger partial charge in [0.15, 0.2) is 5.96 Å². The number of rotatable bonds is 6. The summed E-state index contributed by atoms with van der Waals surface area (Å²) in [4.78, 5) is 19.2. The lowest BCUT2D eigenvalue weighted by Crippen LogP contribution is -2.47. The Bertz CT molecular complexity index is 769. The van der Waals surface area contributed by atoms with Crippen LogP contribution in [0.5, 0.6) is 0 Å². The van der Waals surface area contributed by atoms with Crippen LogP contribution in [0, 0.1) is 5.92 Å². The van der Waals surface area contributed by atoms with Gasteiger partial charge in [0.2, 0.25) is 5.91 Å². The summed E-state index contributed by atoms with van der Waals surface area (Å²) in [6, 6.07) is 9.41. The highest BCUT2D eigenvalue weighted by Crippen LogP contribution is 2.27. The third-order valence-corrected chi connectivity index (χ3v) is 6.09. The first-order valence-corrected chi connectivity index (χ1v) is 11.0. The van der Waals surface area contributed by atoms with Crippen LogP contribution in [0.3, 0.4) is 0 Å². The highest BCUT2D eigenvalue weighted by Gasteiger charge is 2.31. The average Bonchev–Trinajstić information content (AvgIpc) is 3.39. The molecule has 2 unspecified atom stereocenters. The maximum Gasteiger partial charge on any atom is 0.223 e. The zero-order chi connectivity index (χ0) is 20.1. The third-order valence-electron chi connectivity index (χ3n) is 6.09. The molecule has 4 rings (SSSR count). The second-order valence-electron chi connectivity index (χ2n) is 8.46. The number of nitrogens with zero attached hydrogens (tertiary/aromatic N) is 2. The van der Waals surface area contributed by atoms with Crippen LogP contribution in [0.1, 0.15) is 44.1 Å². The molecule has 3 aliphatic rings. The van der Waals surface area contributed by atoms with Gasteiger partial charge in [-0.25, -0.2) is 0 Å². The second kappa shape index (κ2) is 11.0. The minimum atomic E-state index is 0. The van der Waals surface area contributed by atoms with Crippen LogP contribution in [0.4, 0.5) is 5.69 Å². The molecule has 2 fully saturated rings. The van der Waals surface area contributed by atoms with Gasteiger partial charge in [-0.2, -0.15) is 0 Å². The molecule has 1 amide bonds. The van der Waals surface area contributed by atoms with E-state index in [0.717, 1.165) is 64.1 Å². The quantitative estimate of drug-likeness (QED) is 0.232. The number of aliphatic imine (C=N–C) groups is 1. The third kappa shape index (κ3) is 6.36. The van der Waals surface area contributed by atoms with E-state index in [-0.39, 0.29) is 35.8 Å². The van der Waals surface area contributed by atoms with Crippen LogP contribution in [0.2, 0.25) is 0 Å². The Hall–Kier alpha value is -1.77. The fourth-order valence-corrected chi connectivity index (χ4v) is 4.23. The molecule has 2 atom stereocenters. The molecule has 0 saturated heterocycles. The summed E-state index contributed by atoms with van der Waals surface area (Å²) in [5.41, 5.74) is 2.50. The molecule has 6 nitrogen and oxygen atoms in total. The van der Waals surface area contributed by atoms with Crippen molar-refractivity contribution in [3.63, 3.8) is 0 Å². The fraction of sp³-hybridized carbons (Fsp3) is 0.565. The number of hydrogen-bond donors (Lipinski definition) is 3. The van der Waals surface area contributed by atoms with Crippen molar-refractivity contribution in [2.24, 2.45) is 10.9 Å². The van der Waals surface area contributed by atoms with Crippen LogP contribution in [-0.2, 0) is 11.3 Å². The lowest BCUT2D eigenvalue weighted by molar-refractivity contribution is -0.126. The molecule has 164 valence electrons. The van der Waals surface area contributed by atoms with E-state index in [1.54, 1.807) is 0 Å². The van der Waals surface area contributed by atoms with Gasteiger partial charge >= 0.3 is 0 Å². The Morgan fingerprint density at radius 3 is 2.63 bits per heavy atom. The lowest BCUT2D eigenvalue weighted by Gasteiger charge is -2.30. The Morgan fingerprint density at radius 2 is 1.90 bits per heavy atom. The van der Waals surface area contributed by atoms with E-state index in [9.17, 15) is 4.79 Å². The number of carbonyl (C=O) groups is 1. The van der Waals surface area contributed by atoms with E-state index in [1.807, 2.05) is 7.05 Å². The number of carbonyl (C=O) groups excluding carboxylic acids is 1. The molecule has 1 aromatic rings. The summed E-state index contributed by atoms with van der Waals surface area (Å²) < 4.78 is 0. The van der Waals surface area contributed by atoms with Gasteiger partial charge in [0.25, 0.3) is 0 Å². The van der Waals surface area contributed by atoms with Gasteiger partial charge < -0.3 is 20.9 Å². The van der Waals surface area contributed by atoms with Crippen LogP contribution >= 0.6 is 24.0 Å². The number of anilines is 1. The molecule has 0 aromatic heterocycles. The predicted molar refractivity (Wildman–Crippen MR) is 133 cm³/mol. The lowest BCUT2D eigenvalue weighted by atomic mass is 9.85. The summed E-state index contributed by atoms with van der Waals surface area (Å²) in [7, 11) is 1.81. The molecule has 1 aromatic carbocycles. The van der Waals surface area contributed by atoms with Crippen molar-refractivity contribution < 1.29 is 4.79 Å². The summed E-state index contributed by atoms with van der Waals surface area (Å²) in [5, 5.41) is 10.1. The van der Waals surface area contributed by atoms with Crippen molar-refractivity contribution in [3.05, 3.63) is 42.0 Å². The minimum absolute atomic E-state index is 0. The summed E-state index contributed by atoms with van der Waals surface area (Å²) in [6.45, 7) is 2.70. The smallest absolute Gasteiger partial charge is 0.223 e. The molecular weight excluding hydrogens is 489 g/mol. The fourth-order valence-electron chi connectivity index (χ4n) is 4.23. The summed E-state index contributed by atoms with van der Waals surface area (Å²) >= 11 is 0. The maximum absolute atomic E-state index is 12.4. The van der Waals surface area contributed by atoms with Gasteiger partial charge in [0.05, 0.1) is 0 Å². The van der Waals surface area contributed by atoms with E-state index in [0.29, 0.717) is 12.1 Å². The van der Waals surface area contributed by atoms with E-state index >= 15 is 0 Å². The molecule has 0 spiro atoms. The van der Waals surface area contributed by atoms with Gasteiger partial charge in [-0.3, -0.25) is 9.79 Å². The van der Waals surface area contributed by atoms with Crippen molar-refractivity contribution >= 4 is 41.5 Å². The van der Waals surface area contributed by atoms with Gasteiger partial charge in [0.1, 0.15) is 0 Å². The Labute approximate surface area is 197 Å². The average molecular weight is 523 g/mol. The first kappa shape index (κ1) is 22.9. The number of benzene rings is 1. The zero-order valence-corrected chi connectivity index (χ0v) is 20.1. The summed E-state index contributed by atoms with van der Waals surface area (Å²) in [6.07, 6.45) is 10.8. The molecule has 0 radical (unpaired) electrons. The Kier molecular flexibility index (Phi) is 8.41. The first-order chi connectivity index (χ1) is 14.2.